The summed E-state index contributed by atoms with van der Waals surface area (Å²) in [4.78, 5) is 8.11. The van der Waals surface area contributed by atoms with Gasteiger partial charge in [0.2, 0.25) is 0 Å². The third-order valence-electron chi connectivity index (χ3n) is 2.01. The molecule has 0 saturated heterocycles. The molecule has 0 atom stereocenters. The van der Waals surface area contributed by atoms with Crippen molar-refractivity contribution in [1.82, 2.24) is 9.97 Å². The van der Waals surface area contributed by atoms with Crippen LogP contribution >= 0.6 is 11.8 Å². The smallest absolute Gasteiger partial charge is 0.191 e. The third-order valence-corrected chi connectivity index (χ3v) is 2.82. The van der Waals surface area contributed by atoms with Gasteiger partial charge in [-0.05, 0) is 0 Å². The van der Waals surface area contributed by atoms with E-state index in [1.165, 1.54) is 17.8 Å². The zero-order chi connectivity index (χ0) is 13.9. The molecule has 1 aromatic heterocycles. The number of anilines is 2. The Kier molecular flexibility index (Phi) is 8.23. The lowest BCUT2D eigenvalue weighted by Crippen LogP contribution is -2.09. The van der Waals surface area contributed by atoms with E-state index < -0.39 is 0 Å². The number of aromatic nitrogens is 2. The maximum absolute atomic E-state index is 5.57. The molecule has 19 heavy (non-hydrogen) atoms. The first-order valence-corrected chi connectivity index (χ1v) is 6.88. The van der Waals surface area contributed by atoms with E-state index in [-0.39, 0.29) is 0 Å². The molecule has 0 amide bonds. The minimum Gasteiger partial charge on any atom is -0.383 e. The highest BCUT2D eigenvalue weighted by atomic mass is 32.2. The highest BCUT2D eigenvalue weighted by Crippen LogP contribution is 2.15. The summed E-state index contributed by atoms with van der Waals surface area (Å²) in [6, 6.07) is 1.53. The normalized spacial score (nSPS) is 10.8. The second-order valence-electron chi connectivity index (χ2n) is 3.57. The molecule has 0 unspecified atom stereocenters. The number of methoxy groups -OCH3 is 1. The van der Waals surface area contributed by atoms with Crippen LogP contribution in [0.3, 0.4) is 0 Å². The quantitative estimate of drug-likeness (QED) is 0.362. The van der Waals surface area contributed by atoms with Crippen molar-refractivity contribution < 1.29 is 14.2 Å². The fourth-order valence-electron chi connectivity index (χ4n) is 1.18. The summed E-state index contributed by atoms with van der Waals surface area (Å²) >= 11 is 1.45. The lowest BCUT2D eigenvalue weighted by atomic mass is 10.5. The van der Waals surface area contributed by atoms with Crippen LogP contribution in [0.4, 0.5) is 11.6 Å². The van der Waals surface area contributed by atoms with Crippen molar-refractivity contribution >= 4 is 23.4 Å². The molecular weight excluding hydrogens is 268 g/mol. The zero-order valence-electron chi connectivity index (χ0n) is 11.0. The Balaban J connectivity index is 2.01. The van der Waals surface area contributed by atoms with Crippen molar-refractivity contribution in [2.45, 2.75) is 5.16 Å². The van der Waals surface area contributed by atoms with Gasteiger partial charge in [-0.2, -0.15) is 0 Å². The molecule has 8 heteroatoms. The summed E-state index contributed by atoms with van der Waals surface area (Å²) in [5, 5.41) is 0.567. The van der Waals surface area contributed by atoms with Gasteiger partial charge in [0.05, 0.1) is 33.0 Å². The third kappa shape index (κ3) is 7.83. The Hall–Kier alpha value is -1.09. The van der Waals surface area contributed by atoms with E-state index in [4.69, 9.17) is 25.7 Å². The Bertz CT molecular complexity index is 348. The molecule has 0 radical (unpaired) electrons. The topological polar surface area (TPSA) is 106 Å². The molecule has 108 valence electrons. The van der Waals surface area contributed by atoms with Gasteiger partial charge in [-0.1, -0.05) is 11.8 Å². The van der Waals surface area contributed by atoms with Crippen molar-refractivity contribution in [3.8, 4) is 0 Å². The zero-order valence-corrected chi connectivity index (χ0v) is 11.8. The van der Waals surface area contributed by atoms with Crippen molar-refractivity contribution in [3.05, 3.63) is 6.07 Å². The maximum Gasteiger partial charge on any atom is 0.191 e. The first kappa shape index (κ1) is 16.0. The molecule has 1 heterocycles. The van der Waals surface area contributed by atoms with Crippen molar-refractivity contribution in [2.24, 2.45) is 0 Å². The van der Waals surface area contributed by atoms with E-state index in [1.54, 1.807) is 7.11 Å². The van der Waals surface area contributed by atoms with Crippen LogP contribution in [0, 0.1) is 0 Å². The second-order valence-corrected chi connectivity index (χ2v) is 4.63. The molecule has 0 spiro atoms. The minimum absolute atomic E-state index is 0.377. The number of rotatable bonds is 10. The number of nitrogen functional groups attached to an aromatic ring is 2. The number of thioether (sulfide) groups is 1. The molecule has 0 bridgehead atoms. The Morgan fingerprint density at radius 1 is 1.00 bits per heavy atom. The van der Waals surface area contributed by atoms with Crippen LogP contribution in [-0.2, 0) is 14.2 Å². The van der Waals surface area contributed by atoms with E-state index in [0.29, 0.717) is 49.8 Å². The van der Waals surface area contributed by atoms with Crippen LogP contribution in [-0.4, -0.2) is 55.9 Å². The fourth-order valence-corrected chi connectivity index (χ4v) is 1.91. The molecule has 7 nitrogen and oxygen atoms in total. The fraction of sp³-hybridized carbons (Fsp3) is 0.636. The largest absolute Gasteiger partial charge is 0.383 e. The summed E-state index contributed by atoms with van der Waals surface area (Å²) in [6.07, 6.45) is 0. The van der Waals surface area contributed by atoms with Gasteiger partial charge < -0.3 is 25.7 Å². The van der Waals surface area contributed by atoms with Crippen LogP contribution in [0.5, 0.6) is 0 Å². The molecular formula is C11H20N4O3S. The average molecular weight is 288 g/mol. The molecule has 0 aliphatic rings. The van der Waals surface area contributed by atoms with Crippen LogP contribution in [0.15, 0.2) is 11.2 Å². The van der Waals surface area contributed by atoms with Gasteiger partial charge in [-0.15, -0.1) is 0 Å². The standard InChI is InChI=1S/C11H20N4O3S/c1-16-2-3-17-4-5-18-6-7-19-11-14-9(12)8-10(13)15-11/h8H,2-7H2,1H3,(H4,12,13,14,15). The first-order chi connectivity index (χ1) is 9.22. The van der Waals surface area contributed by atoms with E-state index in [0.717, 1.165) is 5.75 Å². The number of nitrogens with two attached hydrogens (primary N) is 2. The van der Waals surface area contributed by atoms with E-state index in [1.807, 2.05) is 0 Å². The summed E-state index contributed by atoms with van der Waals surface area (Å²) in [6.45, 7) is 2.91. The number of ether oxygens (including phenoxy) is 3. The van der Waals surface area contributed by atoms with Gasteiger partial charge in [-0.3, -0.25) is 0 Å². The molecule has 0 aliphatic heterocycles. The summed E-state index contributed by atoms with van der Waals surface area (Å²) in [7, 11) is 1.64. The predicted octanol–water partition coefficient (Wildman–Crippen LogP) is 0.413. The average Bonchev–Trinajstić information content (AvgIpc) is 2.36. The minimum atomic E-state index is 0.377. The molecule has 1 aromatic rings. The number of hydrogen-bond donors (Lipinski definition) is 2. The summed E-state index contributed by atoms with van der Waals surface area (Å²) in [5.41, 5.74) is 11.1. The number of hydrogen-bond acceptors (Lipinski definition) is 8. The molecule has 1 rings (SSSR count). The molecule has 0 fully saturated rings. The van der Waals surface area contributed by atoms with Gasteiger partial charge in [0.1, 0.15) is 11.6 Å². The van der Waals surface area contributed by atoms with Gasteiger partial charge >= 0.3 is 0 Å². The van der Waals surface area contributed by atoms with E-state index in [9.17, 15) is 0 Å². The Morgan fingerprint density at radius 2 is 1.58 bits per heavy atom. The van der Waals surface area contributed by atoms with Gasteiger partial charge in [0, 0.05) is 18.9 Å². The Morgan fingerprint density at radius 3 is 2.21 bits per heavy atom. The lowest BCUT2D eigenvalue weighted by molar-refractivity contribution is 0.0286. The van der Waals surface area contributed by atoms with Crippen LogP contribution in [0.2, 0.25) is 0 Å². The van der Waals surface area contributed by atoms with Crippen molar-refractivity contribution in [2.75, 3.05) is 57.4 Å². The summed E-state index contributed by atoms with van der Waals surface area (Å²) < 4.78 is 15.5. The van der Waals surface area contributed by atoms with Gasteiger partial charge in [0.15, 0.2) is 5.16 Å². The summed E-state index contributed by atoms with van der Waals surface area (Å²) in [5.74, 6) is 1.49. The maximum atomic E-state index is 5.57. The van der Waals surface area contributed by atoms with Crippen LogP contribution in [0.25, 0.3) is 0 Å². The molecule has 0 aromatic carbocycles. The highest BCUT2D eigenvalue weighted by molar-refractivity contribution is 7.99. The highest BCUT2D eigenvalue weighted by Gasteiger charge is 2.01. The molecule has 0 aliphatic carbocycles. The van der Waals surface area contributed by atoms with Crippen LogP contribution < -0.4 is 11.5 Å². The predicted molar refractivity (Wildman–Crippen MR) is 75.1 cm³/mol. The monoisotopic (exact) mass is 288 g/mol. The van der Waals surface area contributed by atoms with Crippen LogP contribution in [0.1, 0.15) is 0 Å². The second kappa shape index (κ2) is 9.79. The number of nitrogens with zero attached hydrogens (tertiary/aromatic N) is 2. The van der Waals surface area contributed by atoms with E-state index in [2.05, 4.69) is 9.97 Å². The lowest BCUT2D eigenvalue weighted by Gasteiger charge is -2.05. The molecule has 0 saturated carbocycles. The van der Waals surface area contributed by atoms with E-state index >= 15 is 0 Å². The van der Waals surface area contributed by atoms with Crippen molar-refractivity contribution in [1.29, 1.82) is 0 Å². The SMILES string of the molecule is COCCOCCOCCSc1nc(N)cc(N)n1. The van der Waals surface area contributed by atoms with Gasteiger partial charge in [0.25, 0.3) is 0 Å². The Labute approximate surface area is 117 Å². The van der Waals surface area contributed by atoms with Gasteiger partial charge in [-0.25, -0.2) is 9.97 Å². The molecule has 4 N–H and O–H groups in total. The first-order valence-electron chi connectivity index (χ1n) is 5.89. The van der Waals surface area contributed by atoms with Crippen molar-refractivity contribution in [3.63, 3.8) is 0 Å².